The normalized spacial score (nSPS) is 16.1. The van der Waals surface area contributed by atoms with Crippen molar-refractivity contribution in [2.45, 2.75) is 51.1 Å². The van der Waals surface area contributed by atoms with Gasteiger partial charge in [0.25, 0.3) is 0 Å². The smallest absolute Gasteiger partial charge is 0.190 e. The second kappa shape index (κ2) is 6.63. The number of nitrogens with zero attached hydrogens (tertiary/aromatic N) is 2. The van der Waals surface area contributed by atoms with Crippen LogP contribution in [0.3, 0.4) is 0 Å². The minimum Gasteiger partial charge on any atom is -0.467 e. The van der Waals surface area contributed by atoms with E-state index in [9.17, 15) is 0 Å². The highest BCUT2D eigenvalue weighted by atomic mass is 32.2. The molecular formula is C18H21N3O2S2. The van der Waals surface area contributed by atoms with Crippen LogP contribution in [-0.4, -0.2) is 21.3 Å². The molecule has 3 aromatic heterocycles. The molecule has 7 heteroatoms. The van der Waals surface area contributed by atoms with Gasteiger partial charge in [-0.25, -0.2) is 9.97 Å². The van der Waals surface area contributed by atoms with E-state index < -0.39 is 0 Å². The van der Waals surface area contributed by atoms with Crippen molar-refractivity contribution < 1.29 is 9.15 Å². The molecule has 0 aromatic carbocycles. The fraction of sp³-hybridized carbons (Fsp3) is 0.444. The zero-order valence-electron chi connectivity index (χ0n) is 14.6. The van der Waals surface area contributed by atoms with E-state index in [2.05, 4.69) is 26.1 Å². The van der Waals surface area contributed by atoms with Gasteiger partial charge in [-0.15, -0.1) is 11.3 Å². The van der Waals surface area contributed by atoms with Crippen LogP contribution < -0.4 is 5.32 Å². The molecule has 0 saturated carbocycles. The summed E-state index contributed by atoms with van der Waals surface area (Å²) in [6, 6.07) is 3.87. The van der Waals surface area contributed by atoms with Crippen LogP contribution in [0.2, 0.25) is 0 Å². The summed E-state index contributed by atoms with van der Waals surface area (Å²) in [4.78, 5) is 11.9. The highest BCUT2D eigenvalue weighted by Gasteiger charge is 2.31. The predicted molar refractivity (Wildman–Crippen MR) is 102 cm³/mol. The molecular weight excluding hydrogens is 354 g/mol. The first-order valence-electron chi connectivity index (χ1n) is 8.41. The van der Waals surface area contributed by atoms with Gasteiger partial charge in [0, 0.05) is 11.3 Å². The van der Waals surface area contributed by atoms with Gasteiger partial charge in [-0.3, -0.25) is 0 Å². The highest BCUT2D eigenvalue weighted by molar-refractivity contribution is 7.99. The summed E-state index contributed by atoms with van der Waals surface area (Å²) >= 11 is 3.39. The Morgan fingerprint density at radius 2 is 2.24 bits per heavy atom. The molecule has 0 bridgehead atoms. The first-order chi connectivity index (χ1) is 12.1. The van der Waals surface area contributed by atoms with E-state index in [4.69, 9.17) is 19.1 Å². The molecule has 4 heterocycles. The average molecular weight is 376 g/mol. The molecule has 1 N–H and O–H groups in total. The Bertz CT molecular complexity index is 887. The molecule has 1 aliphatic rings. The monoisotopic (exact) mass is 375 g/mol. The number of hydrogen-bond acceptors (Lipinski definition) is 7. The highest BCUT2D eigenvalue weighted by Crippen LogP contribution is 2.41. The van der Waals surface area contributed by atoms with Crippen LogP contribution in [0.25, 0.3) is 10.2 Å². The van der Waals surface area contributed by atoms with Gasteiger partial charge in [-0.2, -0.15) is 0 Å². The molecule has 132 valence electrons. The Hall–Kier alpha value is -1.57. The summed E-state index contributed by atoms with van der Waals surface area (Å²) in [6.07, 6.45) is 2.57. The zero-order chi connectivity index (χ0) is 17.4. The number of thiophene rings is 1. The van der Waals surface area contributed by atoms with Gasteiger partial charge in [0.05, 0.1) is 30.4 Å². The minimum absolute atomic E-state index is 0.157. The molecule has 0 fully saturated rings. The van der Waals surface area contributed by atoms with E-state index in [-0.39, 0.29) is 5.60 Å². The van der Waals surface area contributed by atoms with E-state index in [1.807, 2.05) is 12.1 Å². The minimum atomic E-state index is -0.157. The summed E-state index contributed by atoms with van der Waals surface area (Å²) in [5.41, 5.74) is 1.17. The molecule has 0 amide bonds. The van der Waals surface area contributed by atoms with Gasteiger partial charge < -0.3 is 14.5 Å². The lowest BCUT2D eigenvalue weighted by Gasteiger charge is -2.30. The third-order valence-electron chi connectivity index (χ3n) is 4.19. The summed E-state index contributed by atoms with van der Waals surface area (Å²) in [7, 11) is 0. The quantitative estimate of drug-likeness (QED) is 0.508. The van der Waals surface area contributed by atoms with Crippen LogP contribution in [0.15, 0.2) is 28.0 Å². The van der Waals surface area contributed by atoms with Gasteiger partial charge in [-0.1, -0.05) is 18.7 Å². The summed E-state index contributed by atoms with van der Waals surface area (Å²) < 4.78 is 11.4. The van der Waals surface area contributed by atoms with Crippen LogP contribution in [0.4, 0.5) is 5.82 Å². The Balaban J connectivity index is 1.78. The van der Waals surface area contributed by atoms with E-state index in [0.29, 0.717) is 13.2 Å². The Morgan fingerprint density at radius 3 is 3.00 bits per heavy atom. The fourth-order valence-electron chi connectivity index (χ4n) is 3.03. The average Bonchev–Trinajstić information content (AvgIpc) is 3.19. The molecule has 25 heavy (non-hydrogen) atoms. The first kappa shape index (κ1) is 16.9. The van der Waals surface area contributed by atoms with Gasteiger partial charge in [-0.05, 0) is 37.3 Å². The standard InChI is InChI=1S/C18H21N3O2S2/c1-4-24-17-20-15(19-9-11-6-5-7-22-11)14-12-8-18(2,3)23-10-13(12)25-16(14)21-17/h5-7H,4,8-10H2,1-3H3,(H,19,20,21). The topological polar surface area (TPSA) is 60.2 Å². The number of rotatable bonds is 5. The summed E-state index contributed by atoms with van der Waals surface area (Å²) in [5, 5.41) is 5.42. The molecule has 0 saturated heterocycles. The number of fused-ring (bicyclic) bond motifs is 3. The van der Waals surface area contributed by atoms with E-state index in [1.54, 1.807) is 29.4 Å². The van der Waals surface area contributed by atoms with E-state index in [1.165, 1.54) is 10.4 Å². The zero-order valence-corrected chi connectivity index (χ0v) is 16.2. The molecule has 3 aromatic rings. The van der Waals surface area contributed by atoms with Crippen molar-refractivity contribution in [1.82, 2.24) is 9.97 Å². The molecule has 1 aliphatic heterocycles. The van der Waals surface area contributed by atoms with Gasteiger partial charge in [0.1, 0.15) is 16.4 Å². The third-order valence-corrected chi connectivity index (χ3v) is 6.02. The Labute approximate surface area is 155 Å². The molecule has 0 radical (unpaired) electrons. The third kappa shape index (κ3) is 3.41. The Kier molecular flexibility index (Phi) is 4.47. The molecule has 5 nitrogen and oxygen atoms in total. The molecule has 0 unspecified atom stereocenters. The maximum Gasteiger partial charge on any atom is 0.190 e. The van der Waals surface area contributed by atoms with Crippen LogP contribution in [0.5, 0.6) is 0 Å². The summed E-state index contributed by atoms with van der Waals surface area (Å²) in [5.74, 6) is 2.74. The number of ether oxygens (including phenoxy) is 1. The van der Waals surface area contributed by atoms with E-state index >= 15 is 0 Å². The number of hydrogen-bond donors (Lipinski definition) is 1. The number of anilines is 1. The van der Waals surface area contributed by atoms with Gasteiger partial charge in [0.2, 0.25) is 0 Å². The van der Waals surface area contributed by atoms with E-state index in [0.717, 1.165) is 39.1 Å². The van der Waals surface area contributed by atoms with Gasteiger partial charge in [0.15, 0.2) is 5.16 Å². The second-order valence-corrected chi connectivity index (χ2v) is 8.94. The number of thioether (sulfide) groups is 1. The van der Waals surface area contributed by atoms with Crippen LogP contribution >= 0.6 is 23.1 Å². The maximum absolute atomic E-state index is 5.98. The Morgan fingerprint density at radius 1 is 1.36 bits per heavy atom. The van der Waals surface area contributed by atoms with Gasteiger partial charge >= 0.3 is 0 Å². The number of aromatic nitrogens is 2. The molecule has 4 rings (SSSR count). The fourth-order valence-corrected chi connectivity index (χ4v) is 4.76. The molecule has 0 aliphatic carbocycles. The first-order valence-corrected chi connectivity index (χ1v) is 10.2. The maximum atomic E-state index is 5.98. The number of furan rings is 1. The summed E-state index contributed by atoms with van der Waals surface area (Å²) in [6.45, 7) is 7.65. The number of nitrogens with one attached hydrogen (secondary N) is 1. The van der Waals surface area contributed by atoms with Crippen molar-refractivity contribution >= 4 is 39.1 Å². The largest absolute Gasteiger partial charge is 0.467 e. The lowest BCUT2D eigenvalue weighted by atomic mass is 9.94. The van der Waals surface area contributed by atoms with Crippen molar-refractivity contribution in [3.8, 4) is 0 Å². The lowest BCUT2D eigenvalue weighted by Crippen LogP contribution is -2.31. The van der Waals surface area contributed by atoms with Crippen molar-refractivity contribution in [2.24, 2.45) is 0 Å². The second-order valence-electron chi connectivity index (χ2n) is 6.63. The van der Waals surface area contributed by atoms with Crippen molar-refractivity contribution in [1.29, 1.82) is 0 Å². The lowest BCUT2D eigenvalue weighted by molar-refractivity contribution is -0.0379. The van der Waals surface area contributed by atoms with Crippen LogP contribution in [0.1, 0.15) is 37.0 Å². The van der Waals surface area contributed by atoms with Crippen LogP contribution in [-0.2, 0) is 24.3 Å². The molecule has 0 atom stereocenters. The van der Waals surface area contributed by atoms with Crippen LogP contribution in [0, 0.1) is 0 Å². The van der Waals surface area contributed by atoms with Crippen molar-refractivity contribution in [3.05, 3.63) is 34.6 Å². The van der Waals surface area contributed by atoms with Crippen molar-refractivity contribution in [3.63, 3.8) is 0 Å². The van der Waals surface area contributed by atoms with Crippen molar-refractivity contribution in [2.75, 3.05) is 11.1 Å². The predicted octanol–water partition coefficient (Wildman–Crippen LogP) is 4.86. The molecule has 0 spiro atoms. The SMILES string of the molecule is CCSc1nc(NCc2ccco2)c2c3c(sc2n1)COC(C)(C)C3.